The van der Waals surface area contributed by atoms with Gasteiger partial charge in [-0.25, -0.2) is 0 Å². The van der Waals surface area contributed by atoms with Crippen LogP contribution in [0.25, 0.3) is 0 Å². The highest BCUT2D eigenvalue weighted by molar-refractivity contribution is 4.89. The highest BCUT2D eigenvalue weighted by atomic mass is 16.5. The predicted molar refractivity (Wildman–Crippen MR) is 59.3 cm³/mol. The highest BCUT2D eigenvalue weighted by Gasteiger charge is 2.28. The van der Waals surface area contributed by atoms with Crippen LogP contribution in [0.1, 0.15) is 40.0 Å². The molecule has 0 aromatic heterocycles. The molecule has 14 heavy (non-hydrogen) atoms. The topological polar surface area (TPSA) is 47.3 Å². The van der Waals surface area contributed by atoms with Gasteiger partial charge in [-0.2, -0.15) is 0 Å². The van der Waals surface area contributed by atoms with Gasteiger partial charge in [0.2, 0.25) is 0 Å². The van der Waals surface area contributed by atoms with Crippen molar-refractivity contribution in [2.24, 2.45) is 5.73 Å². The van der Waals surface area contributed by atoms with Crippen LogP contribution in [0.5, 0.6) is 0 Å². The van der Waals surface area contributed by atoms with Crippen molar-refractivity contribution in [2.45, 2.75) is 51.1 Å². The Morgan fingerprint density at radius 2 is 2.00 bits per heavy atom. The monoisotopic (exact) mass is 200 g/mol. The fourth-order valence-electron chi connectivity index (χ4n) is 1.54. The molecule has 0 spiro atoms. The van der Waals surface area contributed by atoms with E-state index in [-0.39, 0.29) is 11.1 Å². The molecule has 0 aliphatic carbocycles. The fraction of sp³-hybridized carbons (Fsp3) is 1.00. The molecule has 0 aromatic carbocycles. The Balaban J connectivity index is 2.35. The van der Waals surface area contributed by atoms with Crippen molar-refractivity contribution < 1.29 is 4.74 Å². The third-order valence-corrected chi connectivity index (χ3v) is 3.32. The number of nitrogens with one attached hydrogen (secondary N) is 1. The molecule has 0 bridgehead atoms. The van der Waals surface area contributed by atoms with Crippen LogP contribution in [-0.2, 0) is 4.74 Å². The molecular weight excluding hydrogens is 176 g/mol. The van der Waals surface area contributed by atoms with Crippen LogP contribution in [0.15, 0.2) is 0 Å². The molecule has 3 nitrogen and oxygen atoms in total. The number of nitrogens with two attached hydrogens (primary N) is 1. The first-order valence-electron chi connectivity index (χ1n) is 5.59. The van der Waals surface area contributed by atoms with Gasteiger partial charge in [-0.05, 0) is 33.1 Å². The van der Waals surface area contributed by atoms with E-state index < -0.39 is 0 Å². The van der Waals surface area contributed by atoms with Crippen LogP contribution in [0.2, 0.25) is 0 Å². The second kappa shape index (κ2) is 4.60. The Labute approximate surface area is 87.4 Å². The summed E-state index contributed by atoms with van der Waals surface area (Å²) in [4.78, 5) is 0. The molecule has 0 radical (unpaired) electrons. The molecule has 1 heterocycles. The zero-order chi connectivity index (χ0) is 10.7. The summed E-state index contributed by atoms with van der Waals surface area (Å²) in [5.74, 6) is 0. The largest absolute Gasteiger partial charge is 0.381 e. The lowest BCUT2D eigenvalue weighted by Gasteiger charge is -2.37. The summed E-state index contributed by atoms with van der Waals surface area (Å²) in [6.07, 6.45) is 3.19. The number of ether oxygens (including phenoxy) is 1. The molecular formula is C11H24N2O. The first kappa shape index (κ1) is 12.0. The number of hydrogen-bond donors (Lipinski definition) is 2. The van der Waals surface area contributed by atoms with Gasteiger partial charge in [0.15, 0.2) is 0 Å². The molecule has 3 heteroatoms. The Morgan fingerprint density at radius 1 is 1.43 bits per heavy atom. The van der Waals surface area contributed by atoms with Gasteiger partial charge in [-0.3, -0.25) is 0 Å². The van der Waals surface area contributed by atoms with Crippen molar-refractivity contribution in [3.8, 4) is 0 Å². The van der Waals surface area contributed by atoms with Gasteiger partial charge in [0.05, 0.1) is 0 Å². The highest BCUT2D eigenvalue weighted by Crippen LogP contribution is 2.20. The fourth-order valence-corrected chi connectivity index (χ4v) is 1.54. The molecule has 3 N–H and O–H groups in total. The molecule has 1 saturated heterocycles. The molecule has 1 atom stereocenters. The lowest BCUT2D eigenvalue weighted by Crippen LogP contribution is -2.55. The molecule has 1 fully saturated rings. The first-order valence-corrected chi connectivity index (χ1v) is 5.59. The lowest BCUT2D eigenvalue weighted by molar-refractivity contribution is 0.0432. The van der Waals surface area contributed by atoms with Gasteiger partial charge < -0.3 is 15.8 Å². The molecule has 84 valence electrons. The maximum absolute atomic E-state index is 6.10. The average Bonchev–Trinajstić information content (AvgIpc) is 2.17. The Morgan fingerprint density at radius 3 is 2.50 bits per heavy atom. The van der Waals surface area contributed by atoms with E-state index in [0.717, 1.165) is 39.0 Å². The van der Waals surface area contributed by atoms with E-state index >= 15 is 0 Å². The minimum absolute atomic E-state index is 0.0820. The zero-order valence-corrected chi connectivity index (χ0v) is 9.73. The molecule has 0 aromatic rings. The van der Waals surface area contributed by atoms with Crippen molar-refractivity contribution in [1.29, 1.82) is 0 Å². The van der Waals surface area contributed by atoms with Crippen molar-refractivity contribution >= 4 is 0 Å². The first-order chi connectivity index (χ1) is 6.47. The van der Waals surface area contributed by atoms with Crippen molar-refractivity contribution in [3.63, 3.8) is 0 Å². The number of hydrogen-bond acceptors (Lipinski definition) is 3. The van der Waals surface area contributed by atoms with Crippen LogP contribution >= 0.6 is 0 Å². The summed E-state index contributed by atoms with van der Waals surface area (Å²) in [5.41, 5.74) is 6.25. The van der Waals surface area contributed by atoms with E-state index in [1.807, 2.05) is 0 Å². The summed E-state index contributed by atoms with van der Waals surface area (Å²) >= 11 is 0. The summed E-state index contributed by atoms with van der Waals surface area (Å²) in [7, 11) is 0. The quantitative estimate of drug-likeness (QED) is 0.718. The van der Waals surface area contributed by atoms with E-state index in [1.165, 1.54) is 0 Å². The second-order valence-corrected chi connectivity index (χ2v) is 5.03. The molecule has 0 amide bonds. The molecule has 1 aliphatic rings. The third kappa shape index (κ3) is 3.56. The van der Waals surface area contributed by atoms with Crippen LogP contribution < -0.4 is 11.1 Å². The summed E-state index contributed by atoms with van der Waals surface area (Å²) < 4.78 is 5.35. The Kier molecular flexibility index (Phi) is 3.93. The van der Waals surface area contributed by atoms with Gasteiger partial charge in [0, 0.05) is 30.8 Å². The van der Waals surface area contributed by atoms with E-state index in [4.69, 9.17) is 10.5 Å². The van der Waals surface area contributed by atoms with E-state index in [9.17, 15) is 0 Å². The molecule has 1 rings (SSSR count). The van der Waals surface area contributed by atoms with Gasteiger partial charge in [-0.1, -0.05) is 6.92 Å². The average molecular weight is 200 g/mol. The summed E-state index contributed by atoms with van der Waals surface area (Å²) in [5, 5.41) is 3.58. The van der Waals surface area contributed by atoms with Gasteiger partial charge in [0.25, 0.3) is 0 Å². The van der Waals surface area contributed by atoms with Gasteiger partial charge in [0.1, 0.15) is 0 Å². The smallest absolute Gasteiger partial charge is 0.0483 e. The zero-order valence-electron chi connectivity index (χ0n) is 9.73. The van der Waals surface area contributed by atoms with Gasteiger partial charge >= 0.3 is 0 Å². The standard InChI is InChI=1S/C11H24N2O/c1-4-10(2,12)9-13-11(3)5-7-14-8-6-11/h13H,4-9,12H2,1-3H3. The lowest BCUT2D eigenvalue weighted by atomic mass is 9.90. The SMILES string of the molecule is CCC(C)(N)CNC1(C)CCOCC1. The van der Waals surface area contributed by atoms with Crippen molar-refractivity contribution in [2.75, 3.05) is 19.8 Å². The molecule has 1 unspecified atom stereocenters. The van der Waals surface area contributed by atoms with Gasteiger partial charge in [-0.15, -0.1) is 0 Å². The van der Waals surface area contributed by atoms with Crippen molar-refractivity contribution in [1.82, 2.24) is 5.32 Å². The van der Waals surface area contributed by atoms with Crippen molar-refractivity contribution in [3.05, 3.63) is 0 Å². The Hall–Kier alpha value is -0.120. The third-order valence-electron chi connectivity index (χ3n) is 3.32. The van der Waals surface area contributed by atoms with E-state index in [0.29, 0.717) is 0 Å². The normalized spacial score (nSPS) is 25.7. The van der Waals surface area contributed by atoms with E-state index in [2.05, 4.69) is 26.1 Å². The summed E-state index contributed by atoms with van der Waals surface area (Å²) in [6, 6.07) is 0. The van der Waals surface area contributed by atoms with Crippen LogP contribution in [0.4, 0.5) is 0 Å². The maximum Gasteiger partial charge on any atom is 0.0483 e. The predicted octanol–water partition coefficient (Wildman–Crippen LogP) is 1.27. The minimum Gasteiger partial charge on any atom is -0.381 e. The van der Waals surface area contributed by atoms with Crippen LogP contribution in [-0.4, -0.2) is 30.8 Å². The molecule has 1 aliphatic heterocycles. The van der Waals surface area contributed by atoms with Crippen LogP contribution in [0.3, 0.4) is 0 Å². The Bertz CT molecular complexity index is 174. The maximum atomic E-state index is 6.10. The molecule has 0 saturated carbocycles. The van der Waals surface area contributed by atoms with Crippen LogP contribution in [0, 0.1) is 0 Å². The summed E-state index contributed by atoms with van der Waals surface area (Å²) in [6.45, 7) is 9.13. The minimum atomic E-state index is -0.0820. The second-order valence-electron chi connectivity index (χ2n) is 5.03. The number of rotatable bonds is 4. The van der Waals surface area contributed by atoms with E-state index in [1.54, 1.807) is 0 Å².